The Balaban J connectivity index is 0.00000116. The largest absolute Gasteiger partial charge is 0.478 e. The number of nitrogens with zero attached hydrogens (tertiary/aromatic N) is 2. The molecular formula is C17H27N3O2. The Morgan fingerprint density at radius 2 is 2.05 bits per heavy atom. The molecule has 122 valence electrons. The number of hydrogen-bond donors (Lipinski definition) is 1. The molecule has 0 bridgehead atoms. The van der Waals surface area contributed by atoms with E-state index in [2.05, 4.69) is 21.7 Å². The number of morpholine rings is 1. The van der Waals surface area contributed by atoms with Crippen molar-refractivity contribution in [3.8, 4) is 17.7 Å². The highest BCUT2D eigenvalue weighted by atomic mass is 16.5. The summed E-state index contributed by atoms with van der Waals surface area (Å²) in [5.41, 5.74) is 6.89. The van der Waals surface area contributed by atoms with Crippen molar-refractivity contribution in [1.29, 1.82) is 0 Å². The van der Waals surface area contributed by atoms with Crippen molar-refractivity contribution in [2.75, 3.05) is 43.5 Å². The number of nitrogen functional groups attached to an aromatic ring is 1. The number of aromatic nitrogens is 1. The first-order valence-electron chi connectivity index (χ1n) is 7.92. The van der Waals surface area contributed by atoms with Crippen LogP contribution < -0.4 is 15.4 Å². The normalized spacial score (nSPS) is 13.5. The first-order valence-corrected chi connectivity index (χ1v) is 7.92. The summed E-state index contributed by atoms with van der Waals surface area (Å²) >= 11 is 0. The lowest BCUT2D eigenvalue weighted by atomic mass is 10.3. The summed E-state index contributed by atoms with van der Waals surface area (Å²) in [4.78, 5) is 6.44. The lowest BCUT2D eigenvalue weighted by Gasteiger charge is -2.29. The van der Waals surface area contributed by atoms with Crippen LogP contribution in [0.2, 0.25) is 0 Å². The number of ether oxygens (including phenoxy) is 2. The second kappa shape index (κ2) is 10.7. The quantitative estimate of drug-likeness (QED) is 0.669. The van der Waals surface area contributed by atoms with E-state index in [1.807, 2.05) is 32.9 Å². The van der Waals surface area contributed by atoms with E-state index in [-0.39, 0.29) is 0 Å². The van der Waals surface area contributed by atoms with E-state index < -0.39 is 0 Å². The molecule has 1 aromatic rings. The molecule has 0 amide bonds. The first kappa shape index (κ1) is 18.1. The van der Waals surface area contributed by atoms with Gasteiger partial charge in [0, 0.05) is 37.3 Å². The van der Waals surface area contributed by atoms with Crippen LogP contribution in [0.4, 0.5) is 11.5 Å². The van der Waals surface area contributed by atoms with E-state index in [1.54, 1.807) is 0 Å². The Labute approximate surface area is 133 Å². The highest BCUT2D eigenvalue weighted by Crippen LogP contribution is 2.23. The molecule has 2 heterocycles. The number of pyridine rings is 1. The topological polar surface area (TPSA) is 60.6 Å². The van der Waals surface area contributed by atoms with E-state index in [4.69, 9.17) is 15.2 Å². The van der Waals surface area contributed by atoms with Gasteiger partial charge in [-0.25, -0.2) is 0 Å². The molecule has 5 nitrogen and oxygen atoms in total. The molecule has 1 saturated heterocycles. The average molecular weight is 305 g/mol. The molecule has 0 aromatic carbocycles. The standard InChI is InChI=1S/C15H21N3O2.C2H6/c1-2-3-4-5-8-20-15-12-13(11-14(16)17-15)18-6-9-19-10-7-18;1-2/h11-12H,4-10H2,1H3,(H2,16,17);1-2H3. The third-order valence-corrected chi connectivity index (χ3v) is 3.06. The van der Waals surface area contributed by atoms with Gasteiger partial charge in [-0.1, -0.05) is 13.8 Å². The molecular weight excluding hydrogens is 278 g/mol. The molecule has 5 heteroatoms. The number of hydrogen-bond acceptors (Lipinski definition) is 5. The van der Waals surface area contributed by atoms with Crippen LogP contribution in [0, 0.1) is 11.8 Å². The molecule has 1 fully saturated rings. The molecule has 0 saturated carbocycles. The maximum absolute atomic E-state index is 5.85. The summed E-state index contributed by atoms with van der Waals surface area (Å²) in [5, 5.41) is 0. The fourth-order valence-electron chi connectivity index (χ4n) is 2.05. The smallest absolute Gasteiger partial charge is 0.217 e. The molecule has 0 radical (unpaired) electrons. The lowest BCUT2D eigenvalue weighted by Crippen LogP contribution is -2.36. The first-order chi connectivity index (χ1) is 10.8. The molecule has 1 aliphatic rings. The fourth-order valence-corrected chi connectivity index (χ4v) is 2.05. The molecule has 22 heavy (non-hydrogen) atoms. The van der Waals surface area contributed by atoms with Crippen LogP contribution in [-0.4, -0.2) is 37.9 Å². The summed E-state index contributed by atoms with van der Waals surface area (Å²) in [6.45, 7) is 9.68. The third-order valence-electron chi connectivity index (χ3n) is 3.06. The summed E-state index contributed by atoms with van der Waals surface area (Å²) in [6.07, 6.45) is 1.74. The van der Waals surface area contributed by atoms with Gasteiger partial charge < -0.3 is 20.1 Å². The number of anilines is 2. The minimum absolute atomic E-state index is 0.484. The number of unbranched alkanes of at least 4 members (excludes halogenated alkanes) is 1. The summed E-state index contributed by atoms with van der Waals surface area (Å²) < 4.78 is 11.0. The van der Waals surface area contributed by atoms with Crippen molar-refractivity contribution in [2.45, 2.75) is 33.6 Å². The molecule has 2 N–H and O–H groups in total. The highest BCUT2D eigenvalue weighted by Gasteiger charge is 2.13. The van der Waals surface area contributed by atoms with Crippen molar-refractivity contribution in [2.24, 2.45) is 0 Å². The summed E-state index contributed by atoms with van der Waals surface area (Å²) in [6, 6.07) is 3.81. The van der Waals surface area contributed by atoms with Gasteiger partial charge in [0.2, 0.25) is 5.88 Å². The van der Waals surface area contributed by atoms with Gasteiger partial charge in [-0.2, -0.15) is 4.98 Å². The fraction of sp³-hybridized carbons (Fsp3) is 0.588. The maximum Gasteiger partial charge on any atom is 0.217 e. The van der Waals surface area contributed by atoms with Gasteiger partial charge in [0.05, 0.1) is 19.8 Å². The molecule has 0 unspecified atom stereocenters. The van der Waals surface area contributed by atoms with Crippen molar-refractivity contribution in [3.05, 3.63) is 12.1 Å². The minimum atomic E-state index is 0.484. The summed E-state index contributed by atoms with van der Waals surface area (Å²) in [7, 11) is 0. The monoisotopic (exact) mass is 305 g/mol. The van der Waals surface area contributed by atoms with E-state index in [1.165, 1.54) is 0 Å². The van der Waals surface area contributed by atoms with E-state index in [9.17, 15) is 0 Å². The predicted molar refractivity (Wildman–Crippen MR) is 91.2 cm³/mol. The molecule has 0 atom stereocenters. The third kappa shape index (κ3) is 6.23. The van der Waals surface area contributed by atoms with Crippen molar-refractivity contribution in [3.63, 3.8) is 0 Å². The predicted octanol–water partition coefficient (Wildman–Crippen LogP) is 2.71. The molecule has 1 aromatic heterocycles. The van der Waals surface area contributed by atoms with Crippen LogP contribution in [0.15, 0.2) is 12.1 Å². The van der Waals surface area contributed by atoms with Gasteiger partial charge in [-0.05, 0) is 13.3 Å². The average Bonchev–Trinajstić information content (AvgIpc) is 2.57. The van der Waals surface area contributed by atoms with Gasteiger partial charge >= 0.3 is 0 Å². The minimum Gasteiger partial charge on any atom is -0.478 e. The zero-order valence-electron chi connectivity index (χ0n) is 13.9. The molecule has 0 spiro atoms. The van der Waals surface area contributed by atoms with Crippen LogP contribution >= 0.6 is 0 Å². The van der Waals surface area contributed by atoms with Gasteiger partial charge in [0.25, 0.3) is 0 Å². The molecule has 2 rings (SSSR count). The van der Waals surface area contributed by atoms with Gasteiger partial charge in [0.15, 0.2) is 0 Å². The van der Waals surface area contributed by atoms with Gasteiger partial charge in [-0.15, -0.1) is 11.8 Å². The van der Waals surface area contributed by atoms with E-state index >= 15 is 0 Å². The zero-order valence-corrected chi connectivity index (χ0v) is 13.9. The van der Waals surface area contributed by atoms with Crippen LogP contribution in [-0.2, 0) is 4.74 Å². The maximum atomic E-state index is 5.85. The molecule has 0 aliphatic carbocycles. The Kier molecular flexibility index (Phi) is 8.85. The second-order valence-electron chi connectivity index (χ2n) is 4.57. The Bertz CT molecular complexity index is 488. The van der Waals surface area contributed by atoms with Crippen molar-refractivity contribution < 1.29 is 9.47 Å². The zero-order chi connectivity index (χ0) is 16.2. The van der Waals surface area contributed by atoms with Gasteiger partial charge in [-0.3, -0.25) is 0 Å². The Hall–Kier alpha value is -1.93. The number of rotatable bonds is 5. The Morgan fingerprint density at radius 1 is 1.32 bits per heavy atom. The van der Waals surface area contributed by atoms with E-state index in [0.29, 0.717) is 18.3 Å². The van der Waals surface area contributed by atoms with Gasteiger partial charge in [0.1, 0.15) is 5.82 Å². The SMILES string of the molecule is CC.CC#CCCCOc1cc(N2CCOCC2)cc(N)n1. The van der Waals surface area contributed by atoms with E-state index in [0.717, 1.165) is 44.8 Å². The van der Waals surface area contributed by atoms with Crippen LogP contribution in [0.1, 0.15) is 33.6 Å². The lowest BCUT2D eigenvalue weighted by molar-refractivity contribution is 0.122. The highest BCUT2D eigenvalue weighted by molar-refractivity contribution is 5.55. The Morgan fingerprint density at radius 3 is 2.73 bits per heavy atom. The summed E-state index contributed by atoms with van der Waals surface area (Å²) in [5.74, 6) is 6.94. The molecule has 1 aliphatic heterocycles. The van der Waals surface area contributed by atoms with Crippen LogP contribution in [0.3, 0.4) is 0 Å². The van der Waals surface area contributed by atoms with Crippen LogP contribution in [0.25, 0.3) is 0 Å². The van der Waals surface area contributed by atoms with Crippen LogP contribution in [0.5, 0.6) is 5.88 Å². The van der Waals surface area contributed by atoms with Crippen molar-refractivity contribution in [1.82, 2.24) is 4.98 Å². The van der Waals surface area contributed by atoms with Crippen molar-refractivity contribution >= 4 is 11.5 Å². The number of nitrogens with two attached hydrogens (primary N) is 1. The second-order valence-corrected chi connectivity index (χ2v) is 4.57.